The minimum absolute atomic E-state index is 0.0435. The maximum absolute atomic E-state index is 12.6. The first-order valence-corrected chi connectivity index (χ1v) is 7.96. The molecule has 0 radical (unpaired) electrons. The largest absolute Gasteiger partial charge is 0.507 e. The molecular weight excluding hydrogens is 352 g/mol. The van der Waals surface area contributed by atoms with Crippen molar-refractivity contribution >= 4 is 11.9 Å². The first-order chi connectivity index (χ1) is 13.0. The summed E-state index contributed by atoms with van der Waals surface area (Å²) in [5.41, 5.74) is 0.701. The van der Waals surface area contributed by atoms with Gasteiger partial charge in [-0.3, -0.25) is 4.79 Å². The fourth-order valence-electron chi connectivity index (χ4n) is 2.56. The fraction of sp³-hybridized carbons (Fsp3) is 0.250. The van der Waals surface area contributed by atoms with Crippen LogP contribution in [0, 0.1) is 0 Å². The van der Waals surface area contributed by atoms with Crippen LogP contribution in [0.5, 0.6) is 34.5 Å². The van der Waals surface area contributed by atoms with E-state index in [-0.39, 0.29) is 17.1 Å². The third kappa shape index (κ3) is 4.25. The van der Waals surface area contributed by atoms with Crippen LogP contribution >= 0.6 is 0 Å². The summed E-state index contributed by atoms with van der Waals surface area (Å²) in [5.74, 6) is 1.33. The van der Waals surface area contributed by atoms with Crippen molar-refractivity contribution in [1.29, 1.82) is 0 Å². The maximum Gasteiger partial charge on any atom is 0.203 e. The van der Waals surface area contributed by atoms with Crippen LogP contribution in [0.25, 0.3) is 6.08 Å². The molecule has 0 aliphatic rings. The lowest BCUT2D eigenvalue weighted by Crippen LogP contribution is -2.01. The number of aromatic hydroxyl groups is 1. The zero-order valence-electron chi connectivity index (χ0n) is 15.9. The van der Waals surface area contributed by atoms with Gasteiger partial charge in [-0.05, 0) is 23.8 Å². The third-order valence-corrected chi connectivity index (χ3v) is 3.87. The van der Waals surface area contributed by atoms with Crippen molar-refractivity contribution in [2.45, 2.75) is 0 Å². The van der Waals surface area contributed by atoms with E-state index < -0.39 is 5.78 Å². The molecule has 0 fully saturated rings. The number of carbonyl (C=O) groups excluding carboxylic acids is 1. The minimum Gasteiger partial charge on any atom is -0.507 e. The monoisotopic (exact) mass is 374 g/mol. The number of phenols is 1. The Balaban J connectivity index is 2.40. The molecule has 2 aromatic rings. The minimum atomic E-state index is -0.430. The van der Waals surface area contributed by atoms with Crippen LogP contribution in [0.3, 0.4) is 0 Å². The maximum atomic E-state index is 12.6. The lowest BCUT2D eigenvalue weighted by atomic mass is 10.1. The van der Waals surface area contributed by atoms with Gasteiger partial charge in [0.25, 0.3) is 0 Å². The lowest BCUT2D eigenvalue weighted by molar-refractivity contribution is 0.104. The van der Waals surface area contributed by atoms with E-state index in [1.165, 1.54) is 53.8 Å². The van der Waals surface area contributed by atoms with Gasteiger partial charge < -0.3 is 28.8 Å². The number of rotatable bonds is 8. The van der Waals surface area contributed by atoms with Crippen LogP contribution in [0.2, 0.25) is 0 Å². The summed E-state index contributed by atoms with van der Waals surface area (Å²) >= 11 is 0. The summed E-state index contributed by atoms with van der Waals surface area (Å²) in [6.45, 7) is 0. The van der Waals surface area contributed by atoms with Crippen LogP contribution in [0.4, 0.5) is 0 Å². The molecule has 0 bridgehead atoms. The molecule has 0 aliphatic carbocycles. The zero-order valence-corrected chi connectivity index (χ0v) is 15.9. The molecule has 2 rings (SSSR count). The highest BCUT2D eigenvalue weighted by Gasteiger charge is 2.18. The Bertz CT molecular complexity index is 831. The van der Waals surface area contributed by atoms with Crippen molar-refractivity contribution in [2.75, 3.05) is 35.5 Å². The number of methoxy groups -OCH3 is 5. The van der Waals surface area contributed by atoms with Gasteiger partial charge in [-0.2, -0.15) is 0 Å². The molecule has 0 atom stereocenters. The van der Waals surface area contributed by atoms with Gasteiger partial charge in [0, 0.05) is 12.1 Å². The molecule has 0 saturated heterocycles. The van der Waals surface area contributed by atoms with Crippen LogP contribution in [-0.2, 0) is 0 Å². The standard InChI is InChI=1S/C20H22O7/c1-23-13-10-15(22)19(16(11-13)24-2)14(21)7-6-12-8-17(25-3)20(27-5)18(9-12)26-4/h6-11,22H,1-5H3/b7-6+. The average molecular weight is 374 g/mol. The van der Waals surface area contributed by atoms with Gasteiger partial charge in [0.2, 0.25) is 5.75 Å². The number of benzene rings is 2. The molecule has 0 heterocycles. The summed E-state index contributed by atoms with van der Waals surface area (Å²) in [5, 5.41) is 10.2. The van der Waals surface area contributed by atoms with Crippen molar-refractivity contribution in [3.63, 3.8) is 0 Å². The summed E-state index contributed by atoms with van der Waals surface area (Å²) < 4.78 is 26.1. The Morgan fingerprint density at radius 1 is 0.815 bits per heavy atom. The number of ether oxygens (including phenoxy) is 5. The van der Waals surface area contributed by atoms with E-state index in [9.17, 15) is 9.90 Å². The highest BCUT2D eigenvalue weighted by Crippen LogP contribution is 2.39. The predicted octanol–water partition coefficient (Wildman–Crippen LogP) is 3.33. The third-order valence-electron chi connectivity index (χ3n) is 3.87. The Morgan fingerprint density at radius 2 is 1.41 bits per heavy atom. The molecular formula is C20H22O7. The Labute approximate surface area is 157 Å². The molecule has 27 heavy (non-hydrogen) atoms. The smallest absolute Gasteiger partial charge is 0.203 e. The van der Waals surface area contributed by atoms with Gasteiger partial charge >= 0.3 is 0 Å². The van der Waals surface area contributed by atoms with Gasteiger partial charge in [0.05, 0.1) is 35.5 Å². The van der Waals surface area contributed by atoms with Crippen LogP contribution in [0.1, 0.15) is 15.9 Å². The van der Waals surface area contributed by atoms with Crippen LogP contribution in [0.15, 0.2) is 30.3 Å². The normalized spacial score (nSPS) is 10.6. The lowest BCUT2D eigenvalue weighted by Gasteiger charge is -2.13. The van der Waals surface area contributed by atoms with Gasteiger partial charge in [0.1, 0.15) is 22.8 Å². The van der Waals surface area contributed by atoms with Crippen LogP contribution < -0.4 is 23.7 Å². The highest BCUT2D eigenvalue weighted by atomic mass is 16.5. The molecule has 0 saturated carbocycles. The van der Waals surface area contributed by atoms with Gasteiger partial charge in [-0.15, -0.1) is 0 Å². The number of allylic oxidation sites excluding steroid dienone is 1. The zero-order chi connectivity index (χ0) is 20.0. The molecule has 0 aromatic heterocycles. The molecule has 0 unspecified atom stereocenters. The molecule has 1 N–H and O–H groups in total. The highest BCUT2D eigenvalue weighted by molar-refractivity contribution is 6.10. The number of carbonyl (C=O) groups is 1. The van der Waals surface area contributed by atoms with E-state index in [0.29, 0.717) is 28.6 Å². The van der Waals surface area contributed by atoms with Crippen molar-refractivity contribution in [1.82, 2.24) is 0 Å². The number of hydrogen-bond donors (Lipinski definition) is 1. The molecule has 7 nitrogen and oxygen atoms in total. The fourth-order valence-corrected chi connectivity index (χ4v) is 2.56. The van der Waals surface area contributed by atoms with E-state index in [1.54, 1.807) is 18.2 Å². The van der Waals surface area contributed by atoms with Crippen molar-refractivity contribution in [3.8, 4) is 34.5 Å². The number of phenolic OH excluding ortho intramolecular Hbond substituents is 1. The predicted molar refractivity (Wildman–Crippen MR) is 101 cm³/mol. The van der Waals surface area contributed by atoms with Crippen molar-refractivity contribution in [2.24, 2.45) is 0 Å². The molecule has 0 aliphatic heterocycles. The number of ketones is 1. The summed E-state index contributed by atoms with van der Waals surface area (Å²) in [6, 6.07) is 6.29. The van der Waals surface area contributed by atoms with Crippen LogP contribution in [-0.4, -0.2) is 46.4 Å². The Morgan fingerprint density at radius 3 is 1.89 bits per heavy atom. The Hall–Kier alpha value is -3.35. The number of hydrogen-bond acceptors (Lipinski definition) is 7. The summed E-state index contributed by atoms with van der Waals surface area (Å²) in [7, 11) is 7.40. The second kappa shape index (κ2) is 8.84. The molecule has 0 spiro atoms. The van der Waals surface area contributed by atoms with E-state index in [4.69, 9.17) is 23.7 Å². The second-order valence-corrected chi connectivity index (χ2v) is 5.38. The molecule has 0 amide bonds. The van der Waals surface area contributed by atoms with E-state index in [2.05, 4.69) is 0 Å². The molecule has 7 heteroatoms. The second-order valence-electron chi connectivity index (χ2n) is 5.38. The average Bonchev–Trinajstić information content (AvgIpc) is 2.70. The molecule has 2 aromatic carbocycles. The van der Waals surface area contributed by atoms with Crippen molar-refractivity contribution in [3.05, 3.63) is 41.5 Å². The SMILES string of the molecule is COc1cc(O)c(C(=O)/C=C/c2cc(OC)c(OC)c(OC)c2)c(OC)c1. The topological polar surface area (TPSA) is 83.5 Å². The first-order valence-electron chi connectivity index (χ1n) is 7.96. The van der Waals surface area contributed by atoms with E-state index in [0.717, 1.165) is 0 Å². The molecule has 144 valence electrons. The quantitative estimate of drug-likeness (QED) is 0.560. The Kier molecular flexibility index (Phi) is 6.54. The summed E-state index contributed by atoms with van der Waals surface area (Å²) in [4.78, 5) is 12.6. The van der Waals surface area contributed by atoms with Gasteiger partial charge in [-0.25, -0.2) is 0 Å². The van der Waals surface area contributed by atoms with Crippen molar-refractivity contribution < 1.29 is 33.6 Å². The first kappa shape index (κ1) is 20.0. The van der Waals surface area contributed by atoms with E-state index >= 15 is 0 Å². The van der Waals surface area contributed by atoms with Gasteiger partial charge in [0.15, 0.2) is 17.3 Å². The summed E-state index contributed by atoms with van der Waals surface area (Å²) in [6.07, 6.45) is 2.90. The van der Waals surface area contributed by atoms with Gasteiger partial charge in [-0.1, -0.05) is 6.08 Å². The van der Waals surface area contributed by atoms with E-state index in [1.807, 2.05) is 0 Å².